The molecule has 19 heavy (non-hydrogen) atoms. The maximum Gasteiger partial charge on any atom is 0.0830 e. The minimum Gasteiger partial charge on any atom is -0.388 e. The van der Waals surface area contributed by atoms with E-state index in [0.29, 0.717) is 11.4 Å². The number of rotatable bonds is 3. The van der Waals surface area contributed by atoms with Crippen molar-refractivity contribution in [1.29, 1.82) is 0 Å². The van der Waals surface area contributed by atoms with E-state index in [9.17, 15) is 5.11 Å². The summed E-state index contributed by atoms with van der Waals surface area (Å²) in [6.07, 6.45) is 3.80. The highest BCUT2D eigenvalue weighted by atomic mass is 35.5. The Morgan fingerprint density at radius 1 is 1.05 bits per heavy atom. The summed E-state index contributed by atoms with van der Waals surface area (Å²) < 4.78 is 0. The van der Waals surface area contributed by atoms with Gasteiger partial charge in [-0.1, -0.05) is 41.9 Å². The fourth-order valence-electron chi connectivity index (χ4n) is 2.81. The number of aliphatic hydroxyl groups is 1. The summed E-state index contributed by atoms with van der Waals surface area (Å²) in [6.45, 7) is 0. The molecule has 0 spiro atoms. The highest BCUT2D eigenvalue weighted by Crippen LogP contribution is 2.26. The lowest BCUT2D eigenvalue weighted by molar-refractivity contribution is 0.178. The van der Waals surface area contributed by atoms with E-state index in [0.717, 1.165) is 5.56 Å². The van der Waals surface area contributed by atoms with Crippen LogP contribution in [0.25, 0.3) is 0 Å². The van der Waals surface area contributed by atoms with E-state index in [1.165, 1.54) is 36.0 Å². The number of halogens is 1. The summed E-state index contributed by atoms with van der Waals surface area (Å²) in [6, 6.07) is 14.1. The van der Waals surface area contributed by atoms with Crippen LogP contribution >= 0.6 is 11.6 Å². The maximum atomic E-state index is 10.3. The molecule has 0 heterocycles. The molecule has 1 N–H and O–H groups in total. The molecule has 0 aliphatic heterocycles. The zero-order valence-corrected chi connectivity index (χ0v) is 11.5. The van der Waals surface area contributed by atoms with E-state index < -0.39 is 6.10 Å². The third-order valence-electron chi connectivity index (χ3n) is 3.83. The Balaban J connectivity index is 1.77. The molecule has 2 aromatic carbocycles. The van der Waals surface area contributed by atoms with Gasteiger partial charge in [-0.15, -0.1) is 0 Å². The lowest BCUT2D eigenvalue weighted by Crippen LogP contribution is -2.02. The fraction of sp³-hybridized carbons (Fsp3) is 0.294. The first-order valence-electron chi connectivity index (χ1n) is 6.76. The Labute approximate surface area is 118 Å². The molecule has 1 aliphatic carbocycles. The molecule has 3 rings (SSSR count). The number of hydrogen-bond donors (Lipinski definition) is 1. The third-order valence-corrected chi connectivity index (χ3v) is 4.06. The molecule has 2 heteroatoms. The molecule has 2 aromatic rings. The zero-order chi connectivity index (χ0) is 13.2. The zero-order valence-electron chi connectivity index (χ0n) is 10.8. The van der Waals surface area contributed by atoms with Crippen LogP contribution in [0.5, 0.6) is 0 Å². The van der Waals surface area contributed by atoms with Crippen LogP contribution in [-0.4, -0.2) is 5.11 Å². The summed E-state index contributed by atoms with van der Waals surface area (Å²) in [5, 5.41) is 11.0. The van der Waals surface area contributed by atoms with Crippen molar-refractivity contribution in [2.75, 3.05) is 0 Å². The van der Waals surface area contributed by atoms with E-state index in [1.807, 2.05) is 24.3 Å². The van der Waals surface area contributed by atoms with Crippen LogP contribution in [0.2, 0.25) is 5.02 Å². The van der Waals surface area contributed by atoms with E-state index in [4.69, 9.17) is 11.6 Å². The van der Waals surface area contributed by atoms with Crippen LogP contribution in [0.15, 0.2) is 42.5 Å². The number of aryl methyl sites for hydroxylation is 2. The topological polar surface area (TPSA) is 20.2 Å². The molecule has 0 saturated carbocycles. The first-order chi connectivity index (χ1) is 9.22. The second-order valence-corrected chi connectivity index (χ2v) is 5.67. The average Bonchev–Trinajstić information content (AvgIpc) is 2.86. The molecule has 1 nitrogen and oxygen atoms in total. The average molecular weight is 273 g/mol. The van der Waals surface area contributed by atoms with Gasteiger partial charge in [0.15, 0.2) is 0 Å². The van der Waals surface area contributed by atoms with Crippen LogP contribution in [0.3, 0.4) is 0 Å². The second-order valence-electron chi connectivity index (χ2n) is 5.23. The smallest absolute Gasteiger partial charge is 0.0830 e. The van der Waals surface area contributed by atoms with Crippen LogP contribution in [0.1, 0.15) is 34.8 Å². The highest BCUT2D eigenvalue weighted by Gasteiger charge is 2.13. The SMILES string of the molecule is OC(Cc1ccc2c(c1)CCC2)c1cccc(Cl)c1. The van der Waals surface area contributed by atoms with Gasteiger partial charge in [0.05, 0.1) is 6.10 Å². The highest BCUT2D eigenvalue weighted by molar-refractivity contribution is 6.30. The molecular weight excluding hydrogens is 256 g/mol. The van der Waals surface area contributed by atoms with Crippen LogP contribution < -0.4 is 0 Å². The van der Waals surface area contributed by atoms with Crippen LogP contribution in [0.4, 0.5) is 0 Å². The minimum absolute atomic E-state index is 0.488. The normalized spacial score (nSPS) is 15.3. The minimum atomic E-state index is -0.488. The predicted molar refractivity (Wildman–Crippen MR) is 78.6 cm³/mol. The lowest BCUT2D eigenvalue weighted by Gasteiger charge is -2.12. The van der Waals surface area contributed by atoms with Crippen molar-refractivity contribution in [2.45, 2.75) is 31.8 Å². The Hall–Kier alpha value is -1.31. The Morgan fingerprint density at radius 3 is 2.74 bits per heavy atom. The van der Waals surface area contributed by atoms with Gasteiger partial charge in [-0.3, -0.25) is 0 Å². The Bertz CT molecular complexity index is 592. The van der Waals surface area contributed by atoms with Gasteiger partial charge < -0.3 is 5.11 Å². The molecule has 1 aliphatic rings. The number of aliphatic hydroxyl groups excluding tert-OH is 1. The van der Waals surface area contributed by atoms with Gasteiger partial charge in [-0.05, 0) is 53.6 Å². The molecule has 1 unspecified atom stereocenters. The second kappa shape index (κ2) is 5.36. The number of benzene rings is 2. The summed E-state index contributed by atoms with van der Waals surface area (Å²) in [7, 11) is 0. The van der Waals surface area contributed by atoms with Crippen molar-refractivity contribution in [2.24, 2.45) is 0 Å². The van der Waals surface area contributed by atoms with Gasteiger partial charge in [-0.25, -0.2) is 0 Å². The van der Waals surface area contributed by atoms with Crippen molar-refractivity contribution in [3.05, 3.63) is 69.7 Å². The van der Waals surface area contributed by atoms with Gasteiger partial charge in [0, 0.05) is 11.4 Å². The van der Waals surface area contributed by atoms with Crippen molar-refractivity contribution < 1.29 is 5.11 Å². The van der Waals surface area contributed by atoms with Crippen molar-refractivity contribution in [1.82, 2.24) is 0 Å². The van der Waals surface area contributed by atoms with Gasteiger partial charge in [-0.2, -0.15) is 0 Å². The fourth-order valence-corrected chi connectivity index (χ4v) is 3.01. The van der Waals surface area contributed by atoms with Crippen LogP contribution in [-0.2, 0) is 19.3 Å². The molecule has 98 valence electrons. The first-order valence-corrected chi connectivity index (χ1v) is 7.14. The molecule has 0 bridgehead atoms. The van der Waals surface area contributed by atoms with Gasteiger partial charge in [0.25, 0.3) is 0 Å². The first kappa shape index (κ1) is 12.7. The summed E-state index contributed by atoms with van der Waals surface area (Å²) >= 11 is 5.96. The largest absolute Gasteiger partial charge is 0.388 e. The molecule has 0 amide bonds. The molecule has 1 atom stereocenters. The van der Waals surface area contributed by atoms with E-state index in [-0.39, 0.29) is 0 Å². The summed E-state index contributed by atoms with van der Waals surface area (Å²) in [5.41, 5.74) is 5.01. The van der Waals surface area contributed by atoms with Crippen molar-refractivity contribution in [3.63, 3.8) is 0 Å². The maximum absolute atomic E-state index is 10.3. The lowest BCUT2D eigenvalue weighted by atomic mass is 9.98. The monoisotopic (exact) mass is 272 g/mol. The van der Waals surface area contributed by atoms with Gasteiger partial charge in [0.1, 0.15) is 0 Å². The summed E-state index contributed by atoms with van der Waals surface area (Å²) in [4.78, 5) is 0. The van der Waals surface area contributed by atoms with Gasteiger partial charge >= 0.3 is 0 Å². The standard InChI is InChI=1S/C17H17ClO/c18-16-6-2-5-15(11-16)17(19)10-12-7-8-13-3-1-4-14(13)9-12/h2,5-9,11,17,19H,1,3-4,10H2. The summed E-state index contributed by atoms with van der Waals surface area (Å²) in [5.74, 6) is 0. The predicted octanol–water partition coefficient (Wildman–Crippen LogP) is 4.10. The molecule has 0 fully saturated rings. The molecule has 0 aromatic heterocycles. The Kier molecular flexibility index (Phi) is 3.58. The van der Waals surface area contributed by atoms with E-state index in [1.54, 1.807) is 0 Å². The van der Waals surface area contributed by atoms with Gasteiger partial charge in [0.2, 0.25) is 0 Å². The molecular formula is C17H17ClO. The quantitative estimate of drug-likeness (QED) is 0.892. The number of hydrogen-bond acceptors (Lipinski definition) is 1. The van der Waals surface area contributed by atoms with Crippen molar-refractivity contribution >= 4 is 11.6 Å². The van der Waals surface area contributed by atoms with E-state index >= 15 is 0 Å². The Morgan fingerprint density at radius 2 is 1.89 bits per heavy atom. The molecule has 0 radical (unpaired) electrons. The third kappa shape index (κ3) is 2.83. The van der Waals surface area contributed by atoms with E-state index in [2.05, 4.69) is 18.2 Å². The molecule has 0 saturated heterocycles. The van der Waals surface area contributed by atoms with Crippen LogP contribution in [0, 0.1) is 0 Å². The van der Waals surface area contributed by atoms with Crippen molar-refractivity contribution in [3.8, 4) is 0 Å². The number of fused-ring (bicyclic) bond motifs is 1.